The second-order valence-electron chi connectivity index (χ2n) is 7.45. The number of likely N-dealkylation sites (tertiary alicyclic amines) is 1. The fourth-order valence-electron chi connectivity index (χ4n) is 3.81. The largest absolute Gasteiger partial charge is 0.494 e. The zero-order valence-electron chi connectivity index (χ0n) is 17.6. The van der Waals surface area contributed by atoms with Gasteiger partial charge < -0.3 is 9.64 Å². The monoisotopic (exact) mass is 456 g/mol. The average Bonchev–Trinajstić information content (AvgIpc) is 3.44. The molecule has 1 fully saturated rings. The minimum atomic E-state index is 0.109. The van der Waals surface area contributed by atoms with Gasteiger partial charge in [0.05, 0.1) is 24.1 Å². The van der Waals surface area contributed by atoms with Crippen LogP contribution >= 0.6 is 23.4 Å². The van der Waals surface area contributed by atoms with Crippen LogP contribution in [0.25, 0.3) is 5.69 Å². The number of rotatable bonds is 7. The summed E-state index contributed by atoms with van der Waals surface area (Å²) in [6.45, 7) is 5.35. The lowest BCUT2D eigenvalue weighted by Gasteiger charge is -2.25. The van der Waals surface area contributed by atoms with E-state index < -0.39 is 0 Å². The van der Waals surface area contributed by atoms with Crippen LogP contribution in [-0.2, 0) is 4.79 Å². The third kappa shape index (κ3) is 4.88. The van der Waals surface area contributed by atoms with E-state index >= 15 is 0 Å². The van der Waals surface area contributed by atoms with Crippen LogP contribution in [0.15, 0.2) is 53.9 Å². The van der Waals surface area contributed by atoms with Gasteiger partial charge in [-0.3, -0.25) is 9.36 Å². The fraction of sp³-hybridized carbons (Fsp3) is 0.348. The van der Waals surface area contributed by atoms with E-state index in [1.807, 2.05) is 53.6 Å². The van der Waals surface area contributed by atoms with Crippen molar-refractivity contribution in [3.05, 3.63) is 64.9 Å². The highest BCUT2D eigenvalue weighted by molar-refractivity contribution is 7.99. The van der Waals surface area contributed by atoms with E-state index in [2.05, 4.69) is 22.3 Å². The van der Waals surface area contributed by atoms with Gasteiger partial charge in [0.1, 0.15) is 12.1 Å². The predicted octanol–water partition coefficient (Wildman–Crippen LogP) is 5.08. The van der Waals surface area contributed by atoms with Crippen molar-refractivity contribution in [3.8, 4) is 11.4 Å². The van der Waals surface area contributed by atoms with Crippen molar-refractivity contribution in [2.45, 2.75) is 37.9 Å². The van der Waals surface area contributed by atoms with Gasteiger partial charge in [0, 0.05) is 11.6 Å². The summed E-state index contributed by atoms with van der Waals surface area (Å²) in [4.78, 5) is 15.0. The molecule has 0 saturated carbocycles. The lowest BCUT2D eigenvalue weighted by atomic mass is 10.0. The SMILES string of the molecule is CCOc1ccc(C2CCCN2C(=O)CSc2nncn2-c2ccc(C)c(Cl)c2)cc1. The molecule has 6 nitrogen and oxygen atoms in total. The maximum absolute atomic E-state index is 13.0. The lowest BCUT2D eigenvalue weighted by Crippen LogP contribution is -2.32. The van der Waals surface area contributed by atoms with Gasteiger partial charge >= 0.3 is 0 Å². The highest BCUT2D eigenvalue weighted by atomic mass is 35.5. The van der Waals surface area contributed by atoms with Crippen LogP contribution in [0.4, 0.5) is 0 Å². The third-order valence-electron chi connectivity index (χ3n) is 5.42. The van der Waals surface area contributed by atoms with E-state index in [0.29, 0.717) is 22.5 Å². The van der Waals surface area contributed by atoms with Gasteiger partial charge in [-0.15, -0.1) is 10.2 Å². The molecule has 0 spiro atoms. The number of aromatic nitrogens is 3. The number of benzene rings is 2. The van der Waals surface area contributed by atoms with Crippen LogP contribution in [0.2, 0.25) is 5.02 Å². The number of carbonyl (C=O) groups is 1. The second kappa shape index (κ2) is 9.75. The van der Waals surface area contributed by atoms with E-state index in [1.54, 1.807) is 6.33 Å². The van der Waals surface area contributed by atoms with Crippen molar-refractivity contribution in [3.63, 3.8) is 0 Å². The number of carbonyl (C=O) groups excluding carboxylic acids is 1. The van der Waals surface area contributed by atoms with Crippen molar-refractivity contribution in [1.82, 2.24) is 19.7 Å². The van der Waals surface area contributed by atoms with Crippen LogP contribution in [0, 0.1) is 6.92 Å². The van der Waals surface area contributed by atoms with Crippen molar-refractivity contribution in [2.24, 2.45) is 0 Å². The Balaban J connectivity index is 1.43. The third-order valence-corrected chi connectivity index (χ3v) is 6.76. The summed E-state index contributed by atoms with van der Waals surface area (Å²) in [7, 11) is 0. The number of aryl methyl sites for hydroxylation is 1. The first-order valence-corrected chi connectivity index (χ1v) is 11.7. The number of nitrogens with zero attached hydrogens (tertiary/aromatic N) is 4. The Morgan fingerprint density at radius 2 is 2.06 bits per heavy atom. The molecule has 1 aromatic heterocycles. The van der Waals surface area contributed by atoms with Crippen LogP contribution in [0.3, 0.4) is 0 Å². The van der Waals surface area contributed by atoms with Gasteiger partial charge in [-0.1, -0.05) is 41.6 Å². The van der Waals surface area contributed by atoms with Gasteiger partial charge in [0.25, 0.3) is 0 Å². The average molecular weight is 457 g/mol. The Hall–Kier alpha value is -2.51. The van der Waals surface area contributed by atoms with E-state index in [-0.39, 0.29) is 11.9 Å². The molecule has 3 aromatic rings. The first-order chi connectivity index (χ1) is 15.1. The highest BCUT2D eigenvalue weighted by Crippen LogP contribution is 2.34. The number of ether oxygens (including phenoxy) is 1. The number of halogens is 1. The predicted molar refractivity (Wildman–Crippen MR) is 123 cm³/mol. The minimum Gasteiger partial charge on any atom is -0.494 e. The maximum atomic E-state index is 13.0. The zero-order chi connectivity index (χ0) is 21.8. The number of hydrogen-bond acceptors (Lipinski definition) is 5. The molecule has 0 N–H and O–H groups in total. The van der Waals surface area contributed by atoms with E-state index in [1.165, 1.54) is 11.8 Å². The Kier molecular flexibility index (Phi) is 6.83. The standard InChI is InChI=1S/C23H25ClN4O2S/c1-3-30-19-10-7-17(8-11-19)21-5-4-12-27(21)22(29)14-31-23-26-25-15-28(23)18-9-6-16(2)20(24)13-18/h6-11,13,15,21H,3-5,12,14H2,1-2H3. The van der Waals surface area contributed by atoms with Crippen molar-refractivity contribution in [1.29, 1.82) is 0 Å². The van der Waals surface area contributed by atoms with Gasteiger partial charge in [-0.05, 0) is 62.1 Å². The van der Waals surface area contributed by atoms with Crippen LogP contribution < -0.4 is 4.74 Å². The molecular weight excluding hydrogens is 432 g/mol. The van der Waals surface area contributed by atoms with Crippen molar-refractivity contribution < 1.29 is 9.53 Å². The normalized spacial score (nSPS) is 16.0. The van der Waals surface area contributed by atoms with E-state index in [0.717, 1.165) is 42.0 Å². The maximum Gasteiger partial charge on any atom is 0.233 e. The van der Waals surface area contributed by atoms with Gasteiger partial charge in [0.15, 0.2) is 5.16 Å². The molecule has 0 aliphatic carbocycles. The van der Waals surface area contributed by atoms with Crippen LogP contribution in [0.5, 0.6) is 5.75 Å². The Morgan fingerprint density at radius 3 is 2.81 bits per heavy atom. The van der Waals surface area contributed by atoms with E-state index in [4.69, 9.17) is 16.3 Å². The molecule has 4 rings (SSSR count). The molecule has 1 aliphatic heterocycles. The first-order valence-electron chi connectivity index (χ1n) is 10.4. The minimum absolute atomic E-state index is 0.109. The summed E-state index contributed by atoms with van der Waals surface area (Å²) in [5.74, 6) is 1.28. The number of hydrogen-bond donors (Lipinski definition) is 0. The second-order valence-corrected chi connectivity index (χ2v) is 8.80. The Bertz CT molecular complexity index is 1050. The summed E-state index contributed by atoms with van der Waals surface area (Å²) in [5, 5.41) is 9.58. The summed E-state index contributed by atoms with van der Waals surface area (Å²) >= 11 is 7.66. The molecule has 1 atom stereocenters. The molecule has 1 saturated heterocycles. The zero-order valence-corrected chi connectivity index (χ0v) is 19.2. The molecule has 2 aromatic carbocycles. The fourth-order valence-corrected chi connectivity index (χ4v) is 4.80. The topological polar surface area (TPSA) is 60.2 Å². The first kappa shape index (κ1) is 21.7. The molecule has 1 aliphatic rings. The molecule has 1 unspecified atom stereocenters. The van der Waals surface area contributed by atoms with Gasteiger partial charge in [0.2, 0.25) is 5.91 Å². The van der Waals surface area contributed by atoms with Crippen LogP contribution in [-0.4, -0.2) is 44.5 Å². The molecule has 2 heterocycles. The van der Waals surface area contributed by atoms with Crippen molar-refractivity contribution in [2.75, 3.05) is 18.9 Å². The highest BCUT2D eigenvalue weighted by Gasteiger charge is 2.30. The molecule has 1 amide bonds. The molecule has 8 heteroatoms. The van der Waals surface area contributed by atoms with E-state index in [9.17, 15) is 4.79 Å². The lowest BCUT2D eigenvalue weighted by molar-refractivity contribution is -0.129. The smallest absolute Gasteiger partial charge is 0.233 e. The van der Waals surface area contributed by atoms with Crippen molar-refractivity contribution >= 4 is 29.3 Å². The summed E-state index contributed by atoms with van der Waals surface area (Å²) < 4.78 is 7.39. The summed E-state index contributed by atoms with van der Waals surface area (Å²) in [6.07, 6.45) is 3.63. The molecule has 31 heavy (non-hydrogen) atoms. The quantitative estimate of drug-likeness (QED) is 0.464. The van der Waals surface area contributed by atoms with Gasteiger partial charge in [-0.25, -0.2) is 0 Å². The summed E-state index contributed by atoms with van der Waals surface area (Å²) in [6, 6.07) is 14.0. The Morgan fingerprint density at radius 1 is 1.26 bits per heavy atom. The molecular formula is C23H25ClN4O2S. The summed E-state index contributed by atoms with van der Waals surface area (Å²) in [5.41, 5.74) is 3.04. The number of thioether (sulfide) groups is 1. The molecule has 162 valence electrons. The molecule has 0 bridgehead atoms. The number of amides is 1. The van der Waals surface area contributed by atoms with Crippen LogP contribution in [0.1, 0.15) is 36.9 Å². The Labute approximate surface area is 191 Å². The molecule has 0 radical (unpaired) electrons. The van der Waals surface area contributed by atoms with Gasteiger partial charge in [-0.2, -0.15) is 0 Å².